The molecule has 0 aliphatic rings. The van der Waals surface area contributed by atoms with E-state index in [1.165, 1.54) is 6.42 Å². The average Bonchev–Trinajstić information content (AvgIpc) is 1.37. The van der Waals surface area contributed by atoms with E-state index in [0.29, 0.717) is 0 Å². The molecule has 0 aromatic rings. The standard InChI is InChI=1S/C4H9.Cd/c1-3-4-2;/h3H,4H2,1-2H3;/q-1;. The second-order valence-corrected chi connectivity index (χ2v) is 0.816. The van der Waals surface area contributed by atoms with Crippen LogP contribution in [0.3, 0.4) is 0 Å². The van der Waals surface area contributed by atoms with Gasteiger partial charge in [-0.15, -0.1) is 0 Å². The van der Waals surface area contributed by atoms with Gasteiger partial charge in [-0.2, -0.15) is 13.3 Å². The Morgan fingerprint density at radius 1 is 1.60 bits per heavy atom. The second-order valence-electron chi connectivity index (χ2n) is 0.816. The van der Waals surface area contributed by atoms with Crippen LogP contribution in [0.15, 0.2) is 0 Å². The molecule has 0 bridgehead atoms. The minimum atomic E-state index is 0. The van der Waals surface area contributed by atoms with E-state index in [1.54, 1.807) is 0 Å². The zero-order valence-electron chi connectivity index (χ0n) is 3.99. The van der Waals surface area contributed by atoms with Crippen LogP contribution in [-0.2, 0) is 27.3 Å². The van der Waals surface area contributed by atoms with Gasteiger partial charge in [0.2, 0.25) is 0 Å². The van der Waals surface area contributed by atoms with E-state index < -0.39 is 0 Å². The molecule has 0 aromatic heterocycles. The summed E-state index contributed by atoms with van der Waals surface area (Å²) in [6.45, 7) is 4.18. The number of hydrogen-bond acceptors (Lipinski definition) is 0. The molecule has 5 heavy (non-hydrogen) atoms. The number of unbranched alkanes of at least 4 members (excludes halogenated alkanes) is 1. The Labute approximate surface area is 54.1 Å². The van der Waals surface area contributed by atoms with Gasteiger partial charge in [-0.25, -0.2) is 0 Å². The molecule has 0 spiro atoms. The third-order valence-electron chi connectivity index (χ3n) is 0.408. The van der Waals surface area contributed by atoms with Crippen molar-refractivity contribution in [2.45, 2.75) is 20.3 Å². The molecular weight excluding hydrogens is 160 g/mol. The minimum Gasteiger partial charge on any atom is -0.332 e. The molecule has 0 aromatic carbocycles. The SMILES string of the molecule is C[CH-]CC.[Cd]. The first-order valence-corrected chi connectivity index (χ1v) is 1.69. The van der Waals surface area contributed by atoms with E-state index in [-0.39, 0.29) is 27.3 Å². The zero-order chi connectivity index (χ0) is 3.41. The summed E-state index contributed by atoms with van der Waals surface area (Å²) >= 11 is 0. The predicted molar refractivity (Wildman–Crippen MR) is 20.3 cm³/mol. The monoisotopic (exact) mass is 171 g/mol. The van der Waals surface area contributed by atoms with Crippen LogP contribution in [0.2, 0.25) is 0 Å². The van der Waals surface area contributed by atoms with Crippen molar-refractivity contribution < 1.29 is 27.3 Å². The van der Waals surface area contributed by atoms with Crippen molar-refractivity contribution in [2.24, 2.45) is 0 Å². The first kappa shape index (κ1) is 9.33. The van der Waals surface area contributed by atoms with Crippen LogP contribution in [0.5, 0.6) is 0 Å². The minimum absolute atomic E-state index is 0. The molecule has 0 fully saturated rings. The van der Waals surface area contributed by atoms with Gasteiger partial charge >= 0.3 is 0 Å². The van der Waals surface area contributed by atoms with Gasteiger partial charge in [-0.1, -0.05) is 6.92 Å². The normalized spacial score (nSPS) is 6.00. The molecule has 0 unspecified atom stereocenters. The van der Waals surface area contributed by atoms with Crippen molar-refractivity contribution in [1.82, 2.24) is 0 Å². The van der Waals surface area contributed by atoms with Crippen molar-refractivity contribution in [3.05, 3.63) is 6.42 Å². The van der Waals surface area contributed by atoms with Crippen LogP contribution in [0, 0.1) is 6.42 Å². The van der Waals surface area contributed by atoms with Gasteiger partial charge in [-0.05, 0) is 0 Å². The van der Waals surface area contributed by atoms with E-state index >= 15 is 0 Å². The molecule has 0 saturated carbocycles. The Hall–Kier alpha value is 0.922. The van der Waals surface area contributed by atoms with Crippen LogP contribution >= 0.6 is 0 Å². The summed E-state index contributed by atoms with van der Waals surface area (Å²) in [7, 11) is 0. The van der Waals surface area contributed by atoms with E-state index in [1.807, 2.05) is 0 Å². The summed E-state index contributed by atoms with van der Waals surface area (Å²) in [5, 5.41) is 0. The molecule has 0 amide bonds. The summed E-state index contributed by atoms with van der Waals surface area (Å²) in [6, 6.07) is 0. The zero-order valence-corrected chi connectivity index (χ0v) is 8.03. The van der Waals surface area contributed by atoms with Gasteiger partial charge in [-0.3, -0.25) is 0 Å². The number of rotatable bonds is 1. The van der Waals surface area contributed by atoms with Gasteiger partial charge < -0.3 is 6.42 Å². The molecule has 0 aliphatic heterocycles. The third kappa shape index (κ3) is 11.4. The van der Waals surface area contributed by atoms with Gasteiger partial charge in [0, 0.05) is 27.3 Å². The molecule has 0 N–H and O–H groups in total. The Bertz CT molecular complexity index is 5.61. The van der Waals surface area contributed by atoms with Crippen LogP contribution in [0.1, 0.15) is 20.3 Å². The van der Waals surface area contributed by atoms with Gasteiger partial charge in [0.25, 0.3) is 0 Å². The molecule has 0 saturated heterocycles. The van der Waals surface area contributed by atoms with Crippen LogP contribution < -0.4 is 0 Å². The summed E-state index contributed by atoms with van der Waals surface area (Å²) in [5.41, 5.74) is 0. The average molecular weight is 170 g/mol. The smallest absolute Gasteiger partial charge is 0 e. The second kappa shape index (κ2) is 8.87. The number of hydrogen-bond donors (Lipinski definition) is 0. The summed E-state index contributed by atoms with van der Waals surface area (Å²) in [6.07, 6.45) is 3.32. The van der Waals surface area contributed by atoms with E-state index in [2.05, 4.69) is 20.3 Å². The predicted octanol–water partition coefficient (Wildman–Crippen LogP) is 1.62. The molecule has 0 heterocycles. The summed E-state index contributed by atoms with van der Waals surface area (Å²) < 4.78 is 0. The molecule has 0 rings (SSSR count). The quantitative estimate of drug-likeness (QED) is 0.413. The van der Waals surface area contributed by atoms with Crippen LogP contribution in [0.4, 0.5) is 0 Å². The summed E-state index contributed by atoms with van der Waals surface area (Å²) in [5.74, 6) is 0. The molecule has 0 atom stereocenters. The Morgan fingerprint density at radius 3 is 1.80 bits per heavy atom. The molecular formula is C4H9Cd-. The van der Waals surface area contributed by atoms with E-state index in [0.717, 1.165) is 0 Å². The van der Waals surface area contributed by atoms with Gasteiger partial charge in [0.15, 0.2) is 0 Å². The van der Waals surface area contributed by atoms with Crippen molar-refractivity contribution in [3.63, 3.8) is 0 Å². The fourth-order valence-corrected chi connectivity index (χ4v) is 0. The maximum atomic E-state index is 2.12. The van der Waals surface area contributed by atoms with Crippen molar-refractivity contribution in [1.29, 1.82) is 0 Å². The first-order chi connectivity index (χ1) is 1.91. The van der Waals surface area contributed by atoms with E-state index in [9.17, 15) is 0 Å². The van der Waals surface area contributed by atoms with Crippen LogP contribution in [0.25, 0.3) is 0 Å². The Balaban J connectivity index is 0. The fourth-order valence-electron chi connectivity index (χ4n) is 0. The van der Waals surface area contributed by atoms with Crippen molar-refractivity contribution >= 4 is 0 Å². The van der Waals surface area contributed by atoms with Crippen molar-refractivity contribution in [2.75, 3.05) is 0 Å². The largest absolute Gasteiger partial charge is 0.332 e. The first-order valence-electron chi connectivity index (χ1n) is 1.69. The Kier molecular flexibility index (Phi) is 16.5. The molecule has 0 nitrogen and oxygen atoms in total. The maximum absolute atomic E-state index is 2.12. The Morgan fingerprint density at radius 2 is 1.80 bits per heavy atom. The fraction of sp³-hybridized carbons (Fsp3) is 0.750. The summed E-state index contributed by atoms with van der Waals surface area (Å²) in [4.78, 5) is 0. The molecule has 1 heteroatoms. The maximum Gasteiger partial charge on any atom is 0 e. The van der Waals surface area contributed by atoms with Crippen molar-refractivity contribution in [3.8, 4) is 0 Å². The van der Waals surface area contributed by atoms with Gasteiger partial charge in [0.1, 0.15) is 0 Å². The van der Waals surface area contributed by atoms with Crippen LogP contribution in [-0.4, -0.2) is 0 Å². The molecule has 0 radical (unpaired) electrons. The third-order valence-corrected chi connectivity index (χ3v) is 0.408. The topological polar surface area (TPSA) is 0 Å². The van der Waals surface area contributed by atoms with Gasteiger partial charge in [0.05, 0.1) is 0 Å². The molecule has 0 aliphatic carbocycles. The van der Waals surface area contributed by atoms with E-state index in [4.69, 9.17) is 0 Å². The molecule has 28 valence electrons.